The Kier molecular flexibility index (Phi) is 4.52. The van der Waals surface area contributed by atoms with Gasteiger partial charge in [-0.15, -0.1) is 11.3 Å². The van der Waals surface area contributed by atoms with Gasteiger partial charge in [0.25, 0.3) is 5.69 Å². The van der Waals surface area contributed by atoms with Crippen LogP contribution in [0.5, 0.6) is 0 Å². The number of fused-ring (bicyclic) bond motifs is 1. The van der Waals surface area contributed by atoms with E-state index in [9.17, 15) is 19.7 Å². The second-order valence-corrected chi connectivity index (χ2v) is 6.48. The van der Waals surface area contributed by atoms with Gasteiger partial charge in [0.15, 0.2) is 0 Å². The number of anilines is 1. The molecule has 0 saturated carbocycles. The lowest BCUT2D eigenvalue weighted by Gasteiger charge is -2.15. The first-order valence-electron chi connectivity index (χ1n) is 6.73. The van der Waals surface area contributed by atoms with Gasteiger partial charge in [0, 0.05) is 22.2 Å². The number of esters is 1. The fraction of sp³-hybridized carbons (Fsp3) is 0.267. The number of nitriles is 1. The third-order valence-electron chi connectivity index (χ3n) is 3.34. The Balaban J connectivity index is 2.65. The van der Waals surface area contributed by atoms with Crippen LogP contribution >= 0.6 is 11.3 Å². The van der Waals surface area contributed by atoms with Crippen LogP contribution in [0.1, 0.15) is 23.5 Å². The Morgan fingerprint density at radius 1 is 1.42 bits per heavy atom. The number of nitrogens with one attached hydrogen (secondary N) is 1. The van der Waals surface area contributed by atoms with Crippen LogP contribution in [-0.4, -0.2) is 23.9 Å². The van der Waals surface area contributed by atoms with E-state index in [1.807, 2.05) is 6.07 Å². The minimum atomic E-state index is -1.33. The monoisotopic (exact) mass is 347 g/mol. The van der Waals surface area contributed by atoms with Crippen molar-refractivity contribution < 1.29 is 19.2 Å². The third-order valence-corrected chi connectivity index (χ3v) is 4.49. The maximum absolute atomic E-state index is 12.3. The molecule has 24 heavy (non-hydrogen) atoms. The molecule has 9 heteroatoms. The number of nitrogens with zero attached hydrogens (tertiary/aromatic N) is 2. The molecule has 0 aliphatic carbocycles. The zero-order valence-electron chi connectivity index (χ0n) is 13.1. The summed E-state index contributed by atoms with van der Waals surface area (Å²) in [6.45, 7) is 2.86. The smallest absolute Gasteiger partial charge is 0.350 e. The highest BCUT2D eigenvalue weighted by Gasteiger charge is 2.30. The highest BCUT2D eigenvalue weighted by molar-refractivity contribution is 7.21. The fourth-order valence-electron chi connectivity index (χ4n) is 1.88. The summed E-state index contributed by atoms with van der Waals surface area (Å²) in [5.41, 5.74) is -1.40. The van der Waals surface area contributed by atoms with Crippen molar-refractivity contribution in [2.75, 3.05) is 12.4 Å². The zero-order valence-corrected chi connectivity index (χ0v) is 13.9. The standard InChI is InChI=1S/C15H13N3O5S/c1-15(2,7-16)14(20)17-11-9-6-8(18(21)22)4-5-10(9)24-12(11)13(19)23-3/h4-6H,1-3H3,(H,17,20). The number of nitro groups is 1. The Labute approximate surface area is 140 Å². The fourth-order valence-corrected chi connectivity index (χ4v) is 2.94. The highest BCUT2D eigenvalue weighted by atomic mass is 32.1. The Bertz CT molecular complexity index is 894. The first kappa shape index (κ1) is 17.4. The summed E-state index contributed by atoms with van der Waals surface area (Å²) < 4.78 is 5.27. The number of amides is 1. The number of rotatable bonds is 4. The number of carbonyl (C=O) groups is 2. The number of methoxy groups -OCH3 is 1. The van der Waals surface area contributed by atoms with Crippen molar-refractivity contribution >= 4 is 44.7 Å². The summed E-state index contributed by atoms with van der Waals surface area (Å²) in [4.78, 5) is 34.7. The van der Waals surface area contributed by atoms with E-state index in [-0.39, 0.29) is 16.3 Å². The molecule has 0 atom stereocenters. The summed E-state index contributed by atoms with van der Waals surface area (Å²) in [6.07, 6.45) is 0. The van der Waals surface area contributed by atoms with Crippen LogP contribution in [-0.2, 0) is 9.53 Å². The lowest BCUT2D eigenvalue weighted by Crippen LogP contribution is -2.29. The summed E-state index contributed by atoms with van der Waals surface area (Å²) in [5, 5.41) is 22.9. The largest absolute Gasteiger partial charge is 0.465 e. The molecule has 0 spiro atoms. The van der Waals surface area contributed by atoms with Gasteiger partial charge in [-0.2, -0.15) is 5.26 Å². The van der Waals surface area contributed by atoms with Crippen LogP contribution in [0.25, 0.3) is 10.1 Å². The molecule has 2 aromatic rings. The zero-order chi connectivity index (χ0) is 18.1. The number of thiophene rings is 1. The molecular formula is C15H13N3O5S. The Morgan fingerprint density at radius 3 is 2.62 bits per heavy atom. The molecule has 0 aliphatic rings. The third kappa shape index (κ3) is 3.04. The Hall–Kier alpha value is -2.99. The minimum Gasteiger partial charge on any atom is -0.465 e. The van der Waals surface area contributed by atoms with Crippen LogP contribution in [0.15, 0.2) is 18.2 Å². The maximum Gasteiger partial charge on any atom is 0.350 e. The summed E-state index contributed by atoms with van der Waals surface area (Å²) in [6, 6.07) is 5.94. The molecule has 0 bridgehead atoms. The molecule has 0 aliphatic heterocycles. The van der Waals surface area contributed by atoms with Gasteiger partial charge in [0.2, 0.25) is 5.91 Å². The lowest BCUT2D eigenvalue weighted by molar-refractivity contribution is -0.384. The predicted octanol–water partition coefficient (Wildman–Crippen LogP) is 3.08. The summed E-state index contributed by atoms with van der Waals surface area (Å²) >= 11 is 1.04. The van der Waals surface area contributed by atoms with Crippen LogP contribution < -0.4 is 5.32 Å². The normalized spacial score (nSPS) is 10.9. The van der Waals surface area contributed by atoms with Gasteiger partial charge < -0.3 is 10.1 Å². The first-order chi connectivity index (χ1) is 11.2. The van der Waals surface area contributed by atoms with Crippen molar-refractivity contribution in [1.29, 1.82) is 5.26 Å². The molecule has 0 unspecified atom stereocenters. The minimum absolute atomic E-state index is 0.107. The second kappa shape index (κ2) is 6.25. The molecule has 8 nitrogen and oxygen atoms in total. The number of carbonyl (C=O) groups excluding carboxylic acids is 2. The van der Waals surface area contributed by atoms with Crippen molar-refractivity contribution in [2.45, 2.75) is 13.8 Å². The van der Waals surface area contributed by atoms with E-state index in [1.165, 1.54) is 39.2 Å². The molecule has 1 aromatic heterocycles. The van der Waals surface area contributed by atoms with E-state index in [0.29, 0.717) is 10.1 Å². The maximum atomic E-state index is 12.3. The van der Waals surface area contributed by atoms with E-state index in [1.54, 1.807) is 0 Å². The molecule has 1 heterocycles. The Morgan fingerprint density at radius 2 is 2.08 bits per heavy atom. The number of hydrogen-bond acceptors (Lipinski definition) is 7. The van der Waals surface area contributed by atoms with Crippen molar-refractivity contribution in [3.8, 4) is 6.07 Å². The number of ether oxygens (including phenoxy) is 1. The van der Waals surface area contributed by atoms with Crippen LogP contribution in [0.3, 0.4) is 0 Å². The summed E-state index contributed by atoms with van der Waals surface area (Å²) in [7, 11) is 1.19. The average molecular weight is 347 g/mol. The van der Waals surface area contributed by atoms with Gasteiger partial charge in [-0.25, -0.2) is 4.79 Å². The molecule has 2 rings (SSSR count). The van der Waals surface area contributed by atoms with E-state index < -0.39 is 22.2 Å². The van der Waals surface area contributed by atoms with Gasteiger partial charge in [-0.3, -0.25) is 14.9 Å². The van der Waals surface area contributed by atoms with Crippen molar-refractivity contribution in [1.82, 2.24) is 0 Å². The van der Waals surface area contributed by atoms with Gasteiger partial charge in [-0.05, 0) is 19.9 Å². The number of hydrogen-bond donors (Lipinski definition) is 1. The highest BCUT2D eigenvalue weighted by Crippen LogP contribution is 2.39. The SMILES string of the molecule is COC(=O)c1sc2ccc([N+](=O)[O-])cc2c1NC(=O)C(C)(C)C#N. The number of nitro benzene ring substituents is 1. The van der Waals surface area contributed by atoms with E-state index >= 15 is 0 Å². The van der Waals surface area contributed by atoms with Gasteiger partial charge in [0.1, 0.15) is 10.3 Å². The second-order valence-electron chi connectivity index (χ2n) is 5.43. The molecule has 1 amide bonds. The van der Waals surface area contributed by atoms with Crippen molar-refractivity contribution in [3.05, 3.63) is 33.2 Å². The van der Waals surface area contributed by atoms with Crippen molar-refractivity contribution in [2.24, 2.45) is 5.41 Å². The van der Waals surface area contributed by atoms with Gasteiger partial charge in [0.05, 0.1) is 23.8 Å². The first-order valence-corrected chi connectivity index (χ1v) is 7.55. The predicted molar refractivity (Wildman–Crippen MR) is 87.8 cm³/mol. The molecule has 1 aromatic carbocycles. The van der Waals surface area contributed by atoms with E-state index in [2.05, 4.69) is 5.32 Å². The van der Waals surface area contributed by atoms with Gasteiger partial charge in [-0.1, -0.05) is 0 Å². The molecule has 0 radical (unpaired) electrons. The summed E-state index contributed by atoms with van der Waals surface area (Å²) in [5.74, 6) is -1.30. The molecular weight excluding hydrogens is 334 g/mol. The van der Waals surface area contributed by atoms with E-state index in [0.717, 1.165) is 11.3 Å². The molecule has 0 saturated heterocycles. The molecule has 124 valence electrons. The lowest BCUT2D eigenvalue weighted by atomic mass is 9.94. The molecule has 0 fully saturated rings. The topological polar surface area (TPSA) is 122 Å². The van der Waals surface area contributed by atoms with E-state index in [4.69, 9.17) is 10.00 Å². The average Bonchev–Trinajstić information content (AvgIpc) is 2.91. The van der Waals surface area contributed by atoms with Crippen molar-refractivity contribution in [3.63, 3.8) is 0 Å². The quantitative estimate of drug-likeness (QED) is 0.515. The molecule has 1 N–H and O–H groups in total. The van der Waals surface area contributed by atoms with Crippen LogP contribution in [0, 0.1) is 26.9 Å². The number of non-ortho nitro benzene ring substituents is 1. The number of benzene rings is 1. The van der Waals surface area contributed by atoms with Crippen LogP contribution in [0.4, 0.5) is 11.4 Å². The van der Waals surface area contributed by atoms with Gasteiger partial charge >= 0.3 is 5.97 Å². The van der Waals surface area contributed by atoms with Crippen LogP contribution in [0.2, 0.25) is 0 Å².